The van der Waals surface area contributed by atoms with Crippen molar-refractivity contribution in [3.05, 3.63) is 23.4 Å². The molecule has 0 fully saturated rings. The van der Waals surface area contributed by atoms with Crippen LogP contribution in [0.1, 0.15) is 29.4 Å². The normalized spacial score (nSPS) is 10.2. The lowest BCUT2D eigenvalue weighted by atomic mass is 10.1. The number of aryl methyl sites for hydroxylation is 1. The number of anilines is 2. The smallest absolute Gasteiger partial charge is 0.257 e. The van der Waals surface area contributed by atoms with E-state index in [1.54, 1.807) is 19.2 Å². The van der Waals surface area contributed by atoms with Gasteiger partial charge in [-0.05, 0) is 23.8 Å². The molecule has 8 heteroatoms. The first-order valence-electron chi connectivity index (χ1n) is 5.88. The number of nitrogens with one attached hydrogen (secondary N) is 2. The number of pyridine rings is 1. The van der Waals surface area contributed by atoms with E-state index in [1.807, 2.05) is 0 Å². The van der Waals surface area contributed by atoms with Crippen LogP contribution < -0.4 is 10.6 Å². The molecule has 0 radical (unpaired) electrons. The Balaban J connectivity index is 2.22. The molecule has 0 saturated heterocycles. The third-order valence-electron chi connectivity index (χ3n) is 2.42. The van der Waals surface area contributed by atoms with E-state index in [2.05, 4.69) is 37.3 Å². The predicted octanol–water partition coefficient (Wildman–Crippen LogP) is 1.57. The summed E-state index contributed by atoms with van der Waals surface area (Å²) in [6.45, 7) is 2.07. The van der Waals surface area contributed by atoms with E-state index < -0.39 is 0 Å². The number of carbonyl (C=O) groups is 1. The fourth-order valence-corrected chi connectivity index (χ4v) is 1.94. The number of amides is 1. The molecule has 2 aromatic heterocycles. The Morgan fingerprint density at radius 1 is 1.42 bits per heavy atom. The van der Waals surface area contributed by atoms with Crippen LogP contribution in [0.15, 0.2) is 12.1 Å². The molecule has 0 aliphatic carbocycles. The van der Waals surface area contributed by atoms with E-state index in [9.17, 15) is 4.79 Å². The summed E-state index contributed by atoms with van der Waals surface area (Å²) in [5.74, 6) is 0.432. The first-order valence-corrected chi connectivity index (χ1v) is 6.65. The van der Waals surface area contributed by atoms with Crippen LogP contribution in [0.5, 0.6) is 0 Å². The molecule has 0 aromatic carbocycles. The third-order valence-corrected chi connectivity index (χ3v) is 2.93. The van der Waals surface area contributed by atoms with Crippen LogP contribution >= 0.6 is 11.5 Å². The maximum atomic E-state index is 12.1. The van der Waals surface area contributed by atoms with Gasteiger partial charge < -0.3 is 5.32 Å². The van der Waals surface area contributed by atoms with E-state index in [0.717, 1.165) is 30.1 Å². The van der Waals surface area contributed by atoms with E-state index in [0.29, 0.717) is 16.5 Å². The standard InChI is InChI=1S/C11H14N6OS/c1-3-4-8-5-7(6-9(12-2)13-8)10(18)14-11-15-16-17-19-11/h5-6H,3-4H2,1-2H3,(H,12,13)(H,14,15,17,18). The van der Waals surface area contributed by atoms with Gasteiger partial charge in [-0.15, -0.1) is 0 Å². The molecule has 7 nitrogen and oxygen atoms in total. The van der Waals surface area contributed by atoms with Gasteiger partial charge in [0.1, 0.15) is 5.82 Å². The van der Waals surface area contributed by atoms with Crippen molar-refractivity contribution in [2.24, 2.45) is 0 Å². The van der Waals surface area contributed by atoms with E-state index in [1.165, 1.54) is 0 Å². The molecule has 2 rings (SSSR count). The van der Waals surface area contributed by atoms with Crippen LogP contribution in [0.2, 0.25) is 0 Å². The van der Waals surface area contributed by atoms with Crippen LogP contribution in [0.4, 0.5) is 10.9 Å². The Hall–Kier alpha value is -2.09. The first-order chi connectivity index (χ1) is 9.22. The Bertz CT molecular complexity index is 556. The Labute approximate surface area is 114 Å². The fraction of sp³-hybridized carbons (Fsp3) is 0.364. The molecule has 0 aliphatic rings. The molecule has 19 heavy (non-hydrogen) atoms. The van der Waals surface area contributed by atoms with Gasteiger partial charge in [-0.1, -0.05) is 22.9 Å². The quantitative estimate of drug-likeness (QED) is 0.862. The summed E-state index contributed by atoms with van der Waals surface area (Å²) >= 11 is 1.03. The molecular weight excluding hydrogens is 264 g/mol. The molecule has 0 unspecified atom stereocenters. The Kier molecular flexibility index (Phi) is 4.35. The van der Waals surface area contributed by atoms with Gasteiger partial charge >= 0.3 is 0 Å². The zero-order valence-corrected chi connectivity index (χ0v) is 11.5. The summed E-state index contributed by atoms with van der Waals surface area (Å²) in [6.07, 6.45) is 1.80. The van der Waals surface area contributed by atoms with Gasteiger partial charge in [0.25, 0.3) is 5.91 Å². The van der Waals surface area contributed by atoms with Gasteiger partial charge in [0.2, 0.25) is 5.13 Å². The molecule has 0 aliphatic heterocycles. The van der Waals surface area contributed by atoms with Crippen LogP contribution in [0, 0.1) is 0 Å². The monoisotopic (exact) mass is 278 g/mol. The van der Waals surface area contributed by atoms with Crippen LogP contribution in [-0.4, -0.2) is 32.7 Å². The van der Waals surface area contributed by atoms with Gasteiger partial charge in [0.05, 0.1) is 0 Å². The van der Waals surface area contributed by atoms with Gasteiger partial charge in [-0.3, -0.25) is 10.1 Å². The fourth-order valence-electron chi connectivity index (χ4n) is 1.58. The number of hydrogen-bond acceptors (Lipinski definition) is 7. The highest BCUT2D eigenvalue weighted by Gasteiger charge is 2.11. The maximum Gasteiger partial charge on any atom is 0.257 e. The zero-order chi connectivity index (χ0) is 13.7. The molecule has 1 amide bonds. The average Bonchev–Trinajstić information content (AvgIpc) is 2.91. The molecule has 0 spiro atoms. The van der Waals surface area contributed by atoms with Gasteiger partial charge in [-0.2, -0.15) is 0 Å². The van der Waals surface area contributed by atoms with Crippen molar-refractivity contribution >= 4 is 28.4 Å². The molecule has 0 bridgehead atoms. The molecule has 2 N–H and O–H groups in total. The minimum Gasteiger partial charge on any atom is -0.373 e. The average molecular weight is 278 g/mol. The summed E-state index contributed by atoms with van der Waals surface area (Å²) < 4.78 is 3.59. The largest absolute Gasteiger partial charge is 0.373 e. The van der Waals surface area contributed by atoms with Gasteiger partial charge in [0.15, 0.2) is 0 Å². The summed E-state index contributed by atoms with van der Waals surface area (Å²) in [7, 11) is 1.77. The van der Waals surface area contributed by atoms with Crippen molar-refractivity contribution in [1.82, 2.24) is 19.8 Å². The highest BCUT2D eigenvalue weighted by atomic mass is 32.1. The molecular formula is C11H14N6OS. The first kappa shape index (κ1) is 13.3. The number of rotatable bonds is 5. The van der Waals surface area contributed by atoms with Crippen molar-refractivity contribution in [3.8, 4) is 0 Å². The summed E-state index contributed by atoms with van der Waals surface area (Å²) in [6, 6.07) is 3.48. The zero-order valence-electron chi connectivity index (χ0n) is 10.7. The van der Waals surface area contributed by atoms with Crippen molar-refractivity contribution in [1.29, 1.82) is 0 Å². The van der Waals surface area contributed by atoms with Crippen molar-refractivity contribution in [2.45, 2.75) is 19.8 Å². The molecule has 2 aromatic rings. The highest BCUT2D eigenvalue weighted by Crippen LogP contribution is 2.14. The van der Waals surface area contributed by atoms with Gasteiger partial charge in [0, 0.05) is 29.8 Å². The lowest BCUT2D eigenvalue weighted by Gasteiger charge is -2.07. The maximum absolute atomic E-state index is 12.1. The van der Waals surface area contributed by atoms with Crippen LogP contribution in [-0.2, 0) is 6.42 Å². The molecule has 0 atom stereocenters. The molecule has 0 saturated carbocycles. The van der Waals surface area contributed by atoms with Gasteiger partial charge in [-0.25, -0.2) is 4.98 Å². The van der Waals surface area contributed by atoms with E-state index in [-0.39, 0.29) is 5.91 Å². The summed E-state index contributed by atoms with van der Waals surface area (Å²) in [4.78, 5) is 16.5. The summed E-state index contributed by atoms with van der Waals surface area (Å²) in [5.41, 5.74) is 1.42. The Morgan fingerprint density at radius 2 is 2.26 bits per heavy atom. The number of aromatic nitrogens is 4. The van der Waals surface area contributed by atoms with Crippen molar-refractivity contribution in [2.75, 3.05) is 17.7 Å². The topological polar surface area (TPSA) is 92.7 Å². The third kappa shape index (κ3) is 3.44. The number of nitrogens with zero attached hydrogens (tertiary/aromatic N) is 4. The molecule has 100 valence electrons. The second-order valence-electron chi connectivity index (χ2n) is 3.85. The number of carbonyl (C=O) groups excluding carboxylic acids is 1. The second-order valence-corrected chi connectivity index (χ2v) is 4.59. The number of hydrogen-bond donors (Lipinski definition) is 2. The van der Waals surface area contributed by atoms with E-state index in [4.69, 9.17) is 0 Å². The Morgan fingerprint density at radius 3 is 2.89 bits per heavy atom. The minimum atomic E-state index is -0.241. The van der Waals surface area contributed by atoms with Crippen LogP contribution in [0.3, 0.4) is 0 Å². The van der Waals surface area contributed by atoms with Crippen molar-refractivity contribution in [3.63, 3.8) is 0 Å². The minimum absolute atomic E-state index is 0.241. The van der Waals surface area contributed by atoms with Crippen molar-refractivity contribution < 1.29 is 4.79 Å². The second kappa shape index (κ2) is 6.19. The predicted molar refractivity (Wildman–Crippen MR) is 73.4 cm³/mol. The lowest BCUT2D eigenvalue weighted by Crippen LogP contribution is -2.13. The SMILES string of the molecule is CCCc1cc(C(=O)Nc2nnns2)cc(NC)n1. The van der Waals surface area contributed by atoms with Crippen LogP contribution in [0.25, 0.3) is 0 Å². The molecule has 2 heterocycles. The van der Waals surface area contributed by atoms with E-state index >= 15 is 0 Å². The lowest BCUT2D eigenvalue weighted by molar-refractivity contribution is 0.102. The summed E-state index contributed by atoms with van der Waals surface area (Å²) in [5, 5.41) is 13.1. The highest BCUT2D eigenvalue weighted by molar-refractivity contribution is 7.09.